The summed E-state index contributed by atoms with van der Waals surface area (Å²) in [7, 11) is 1.72. The lowest BCUT2D eigenvalue weighted by Gasteiger charge is -2.10. The highest BCUT2D eigenvalue weighted by Gasteiger charge is 2.25. The van der Waals surface area contributed by atoms with Gasteiger partial charge in [-0.05, 0) is 6.07 Å². The molecule has 0 fully saturated rings. The van der Waals surface area contributed by atoms with Gasteiger partial charge in [0.05, 0.1) is 6.42 Å². The van der Waals surface area contributed by atoms with Gasteiger partial charge in [0.15, 0.2) is 0 Å². The smallest absolute Gasteiger partial charge is 0.373 e. The van der Waals surface area contributed by atoms with Crippen LogP contribution in [0.4, 0.5) is 19.0 Å². The molecular formula is C10H14F3N3. The summed E-state index contributed by atoms with van der Waals surface area (Å²) in [6.45, 7) is 0.293. The van der Waals surface area contributed by atoms with Gasteiger partial charge in [-0.15, -0.1) is 0 Å². The number of nitrogens with one attached hydrogen (secondary N) is 2. The van der Waals surface area contributed by atoms with E-state index in [2.05, 4.69) is 15.6 Å². The number of alkyl halides is 3. The number of aromatic nitrogens is 1. The zero-order valence-corrected chi connectivity index (χ0v) is 8.93. The van der Waals surface area contributed by atoms with Gasteiger partial charge < -0.3 is 10.6 Å². The summed E-state index contributed by atoms with van der Waals surface area (Å²) in [4.78, 5) is 4.05. The minimum absolute atomic E-state index is 0.0818. The van der Waals surface area contributed by atoms with Gasteiger partial charge in [-0.25, -0.2) is 4.98 Å². The van der Waals surface area contributed by atoms with Gasteiger partial charge in [0.2, 0.25) is 0 Å². The average molecular weight is 233 g/mol. The highest BCUT2D eigenvalue weighted by atomic mass is 19.4. The third-order valence-electron chi connectivity index (χ3n) is 2.03. The van der Waals surface area contributed by atoms with E-state index >= 15 is 0 Å². The molecule has 0 saturated carbocycles. The maximum atomic E-state index is 11.9. The highest BCUT2D eigenvalue weighted by molar-refractivity contribution is 5.42. The first-order valence-corrected chi connectivity index (χ1v) is 4.92. The third-order valence-corrected chi connectivity index (χ3v) is 2.03. The van der Waals surface area contributed by atoms with Crippen LogP contribution < -0.4 is 10.6 Å². The van der Waals surface area contributed by atoms with Crippen molar-refractivity contribution in [2.24, 2.45) is 0 Å². The fourth-order valence-electron chi connectivity index (χ4n) is 1.26. The van der Waals surface area contributed by atoms with Crippen molar-refractivity contribution in [3.63, 3.8) is 0 Å². The van der Waals surface area contributed by atoms with E-state index in [0.29, 0.717) is 12.4 Å². The molecule has 0 bridgehead atoms. The minimum atomic E-state index is -4.10. The number of rotatable bonds is 5. The fraction of sp³-hybridized carbons (Fsp3) is 0.500. The maximum Gasteiger partial charge on any atom is 0.390 e. The van der Waals surface area contributed by atoms with Crippen LogP contribution >= 0.6 is 0 Å². The first-order chi connectivity index (χ1) is 7.53. The maximum absolute atomic E-state index is 11.9. The summed E-state index contributed by atoms with van der Waals surface area (Å²) >= 11 is 0. The van der Waals surface area contributed by atoms with Gasteiger partial charge in [0, 0.05) is 31.9 Å². The van der Waals surface area contributed by atoms with Crippen molar-refractivity contribution >= 4 is 5.82 Å². The molecule has 0 atom stereocenters. The van der Waals surface area contributed by atoms with Crippen molar-refractivity contribution in [3.05, 3.63) is 23.9 Å². The summed E-state index contributed by atoms with van der Waals surface area (Å²) < 4.78 is 35.6. The molecule has 1 rings (SSSR count). The van der Waals surface area contributed by atoms with Crippen LogP contribution in [0, 0.1) is 0 Å². The Labute approximate surface area is 92.1 Å². The Hall–Kier alpha value is -1.30. The molecule has 0 aliphatic rings. The minimum Gasteiger partial charge on any atom is -0.373 e. The lowest BCUT2D eigenvalue weighted by atomic mass is 10.2. The lowest BCUT2D eigenvalue weighted by Crippen LogP contribution is -2.21. The van der Waals surface area contributed by atoms with Crippen molar-refractivity contribution in [3.8, 4) is 0 Å². The molecule has 0 aliphatic carbocycles. The van der Waals surface area contributed by atoms with Gasteiger partial charge in [-0.1, -0.05) is 6.07 Å². The van der Waals surface area contributed by atoms with E-state index in [0.717, 1.165) is 5.56 Å². The average Bonchev–Trinajstić information content (AvgIpc) is 2.23. The lowest BCUT2D eigenvalue weighted by molar-refractivity contribution is -0.133. The van der Waals surface area contributed by atoms with E-state index < -0.39 is 12.6 Å². The van der Waals surface area contributed by atoms with E-state index in [1.165, 1.54) is 0 Å². The summed E-state index contributed by atoms with van der Waals surface area (Å²) in [6, 6.07) is 3.57. The summed E-state index contributed by atoms with van der Waals surface area (Å²) in [5.74, 6) is 0.682. The van der Waals surface area contributed by atoms with Crippen LogP contribution in [0.1, 0.15) is 12.0 Å². The van der Waals surface area contributed by atoms with E-state index in [1.807, 2.05) is 6.07 Å². The van der Waals surface area contributed by atoms with Crippen molar-refractivity contribution in [2.75, 3.05) is 18.9 Å². The molecule has 0 radical (unpaired) electrons. The molecule has 3 nitrogen and oxygen atoms in total. The number of halogens is 3. The molecule has 0 aromatic carbocycles. The van der Waals surface area contributed by atoms with Gasteiger partial charge >= 0.3 is 6.18 Å². The number of hydrogen-bond acceptors (Lipinski definition) is 3. The molecule has 1 aromatic rings. The molecule has 0 amide bonds. The van der Waals surface area contributed by atoms with Gasteiger partial charge in [-0.2, -0.15) is 13.2 Å². The van der Waals surface area contributed by atoms with Crippen LogP contribution in [0.25, 0.3) is 0 Å². The molecular weight excluding hydrogens is 219 g/mol. The van der Waals surface area contributed by atoms with Crippen molar-refractivity contribution in [1.29, 1.82) is 0 Å². The molecule has 2 N–H and O–H groups in total. The number of nitrogens with zero attached hydrogens (tertiary/aromatic N) is 1. The van der Waals surface area contributed by atoms with Crippen LogP contribution in [0.5, 0.6) is 0 Å². The van der Waals surface area contributed by atoms with Gasteiger partial charge in [0.25, 0.3) is 0 Å². The Morgan fingerprint density at radius 1 is 1.38 bits per heavy atom. The molecule has 16 heavy (non-hydrogen) atoms. The summed E-state index contributed by atoms with van der Waals surface area (Å²) in [5.41, 5.74) is 0.854. The van der Waals surface area contributed by atoms with Crippen LogP contribution in [-0.4, -0.2) is 24.8 Å². The van der Waals surface area contributed by atoms with Crippen molar-refractivity contribution in [1.82, 2.24) is 10.3 Å². The Balaban J connectivity index is 2.37. The zero-order valence-electron chi connectivity index (χ0n) is 8.93. The first kappa shape index (κ1) is 12.8. The SMILES string of the molecule is CNc1ncccc1CNCCC(F)(F)F. The predicted octanol–water partition coefficient (Wildman–Crippen LogP) is 2.17. The molecule has 6 heteroatoms. The Kier molecular flexibility index (Phi) is 4.54. The second kappa shape index (κ2) is 5.69. The van der Waals surface area contributed by atoms with Crippen molar-refractivity contribution in [2.45, 2.75) is 19.1 Å². The molecule has 0 aliphatic heterocycles. The summed E-state index contributed by atoms with van der Waals surface area (Å²) in [5, 5.41) is 5.61. The van der Waals surface area contributed by atoms with E-state index in [4.69, 9.17) is 0 Å². The van der Waals surface area contributed by atoms with Crippen LogP contribution in [0.15, 0.2) is 18.3 Å². The first-order valence-electron chi connectivity index (χ1n) is 4.92. The molecule has 1 heterocycles. The van der Waals surface area contributed by atoms with E-state index in [-0.39, 0.29) is 6.54 Å². The Morgan fingerprint density at radius 3 is 2.75 bits per heavy atom. The van der Waals surface area contributed by atoms with E-state index in [9.17, 15) is 13.2 Å². The normalized spacial score (nSPS) is 11.5. The second-order valence-corrected chi connectivity index (χ2v) is 3.30. The fourth-order valence-corrected chi connectivity index (χ4v) is 1.26. The Morgan fingerprint density at radius 2 is 2.12 bits per heavy atom. The number of hydrogen-bond donors (Lipinski definition) is 2. The standard InChI is InChI=1S/C10H14F3N3/c1-14-9-8(3-2-5-16-9)7-15-6-4-10(11,12)13/h2-3,5,15H,4,6-7H2,1H3,(H,14,16). The van der Waals surface area contributed by atoms with Crippen LogP contribution in [-0.2, 0) is 6.54 Å². The second-order valence-electron chi connectivity index (χ2n) is 3.30. The number of pyridine rings is 1. The molecule has 0 saturated heterocycles. The molecule has 0 spiro atoms. The largest absolute Gasteiger partial charge is 0.390 e. The molecule has 90 valence electrons. The highest BCUT2D eigenvalue weighted by Crippen LogP contribution is 2.18. The Bertz CT molecular complexity index is 325. The van der Waals surface area contributed by atoms with Crippen molar-refractivity contribution < 1.29 is 13.2 Å². The monoisotopic (exact) mass is 233 g/mol. The topological polar surface area (TPSA) is 37.0 Å². The third kappa shape index (κ3) is 4.48. The molecule has 1 aromatic heterocycles. The predicted molar refractivity (Wildman–Crippen MR) is 56.2 cm³/mol. The van der Waals surface area contributed by atoms with Crippen LogP contribution in [0.3, 0.4) is 0 Å². The summed E-state index contributed by atoms with van der Waals surface area (Å²) in [6.07, 6.45) is -3.29. The number of anilines is 1. The molecule has 0 unspecified atom stereocenters. The zero-order chi connectivity index (χ0) is 12.0. The van der Waals surface area contributed by atoms with Crippen LogP contribution in [0.2, 0.25) is 0 Å². The van der Waals surface area contributed by atoms with E-state index in [1.54, 1.807) is 19.3 Å². The quantitative estimate of drug-likeness (QED) is 0.765. The van der Waals surface area contributed by atoms with Gasteiger partial charge in [-0.3, -0.25) is 0 Å². The van der Waals surface area contributed by atoms with Gasteiger partial charge in [0.1, 0.15) is 5.82 Å².